The second-order valence-corrected chi connectivity index (χ2v) is 13.7. The summed E-state index contributed by atoms with van der Waals surface area (Å²) in [6, 6.07) is 0. The number of ether oxygens (including phenoxy) is 1. The molecule has 0 bridgehead atoms. The third-order valence-electron chi connectivity index (χ3n) is 8.81. The van der Waals surface area contributed by atoms with Gasteiger partial charge in [0.05, 0.1) is 7.11 Å². The Morgan fingerprint density at radius 1 is 0.532 bits per heavy atom. The van der Waals surface area contributed by atoms with E-state index in [1.165, 1.54) is 52.5 Å². The van der Waals surface area contributed by atoms with Gasteiger partial charge in [-0.15, -0.1) is 0 Å². The molecule has 0 saturated heterocycles. The Bertz CT molecular complexity index is 1340. The second kappa shape index (κ2) is 23.0. The molecule has 0 saturated carbocycles. The highest BCUT2D eigenvalue weighted by Crippen LogP contribution is 2.27. The fraction of sp³-hybridized carbons (Fsp3) is 0.535. The number of methoxy groups -OCH3 is 1. The predicted octanol–water partition coefficient (Wildman–Crippen LogP) is 12.6. The van der Waals surface area contributed by atoms with E-state index in [2.05, 4.69) is 84.9 Å². The topological polar surface area (TPSA) is 63.6 Å². The summed E-state index contributed by atoms with van der Waals surface area (Å²) in [6.45, 7) is 19.2. The molecule has 0 radical (unpaired) electrons. The summed E-state index contributed by atoms with van der Waals surface area (Å²) in [5.74, 6) is -1.81. The van der Waals surface area contributed by atoms with Gasteiger partial charge in [0.2, 0.25) is 23.1 Å². The number of allylic oxidation sites excluding steroid dienone is 16. The van der Waals surface area contributed by atoms with Gasteiger partial charge >= 0.3 is 0 Å². The van der Waals surface area contributed by atoms with Crippen LogP contribution in [0.25, 0.3) is 0 Å². The maximum absolute atomic E-state index is 12.6. The molecule has 0 fully saturated rings. The lowest BCUT2D eigenvalue weighted by atomic mass is 9.90. The van der Waals surface area contributed by atoms with E-state index < -0.39 is 17.3 Å². The number of rotatable bonds is 21. The summed E-state index contributed by atoms with van der Waals surface area (Å²) in [5.41, 5.74) is 10.6. The van der Waals surface area contributed by atoms with Crippen molar-refractivity contribution in [3.63, 3.8) is 0 Å². The Morgan fingerprint density at radius 3 is 1.17 bits per heavy atom. The number of aliphatic hydroxyl groups is 1. The summed E-state index contributed by atoms with van der Waals surface area (Å²) in [4.78, 5) is 24.8. The predicted molar refractivity (Wildman–Crippen MR) is 201 cm³/mol. The zero-order valence-electron chi connectivity index (χ0n) is 31.4. The zero-order valence-corrected chi connectivity index (χ0v) is 31.4. The zero-order chi connectivity index (χ0) is 35.4. The molecule has 0 unspecified atom stereocenters. The standard InChI is InChI=1S/C43H64O4/c1-31(2)17-11-18-32(3)19-12-20-33(4)21-13-22-34(5)23-14-24-35(6)25-15-26-36(7)27-16-28-37(8)29-30-39-38(9)40(44)42(46)43(47-10)41(39)45/h17,19,21,23,25,27,29,46H,11-16,18,20,22,24,26,28,30H2,1-10H3/b32-19+,33-21+,34-23+,35-25+,36-27+,37-29+. The lowest BCUT2D eigenvalue weighted by Gasteiger charge is -2.17. The first-order valence-electron chi connectivity index (χ1n) is 17.6. The first-order chi connectivity index (χ1) is 22.3. The molecule has 1 aliphatic rings. The summed E-state index contributed by atoms with van der Waals surface area (Å²) in [6.07, 6.45) is 29.7. The van der Waals surface area contributed by atoms with Crippen LogP contribution in [0.2, 0.25) is 0 Å². The van der Waals surface area contributed by atoms with Crippen LogP contribution >= 0.6 is 0 Å². The van der Waals surface area contributed by atoms with Gasteiger partial charge in [-0.3, -0.25) is 9.59 Å². The molecule has 260 valence electrons. The minimum Gasteiger partial charge on any atom is -0.501 e. The summed E-state index contributed by atoms with van der Waals surface area (Å²) < 4.78 is 4.97. The van der Waals surface area contributed by atoms with Crippen LogP contribution in [0.1, 0.15) is 146 Å². The normalized spacial score (nSPS) is 16.0. The van der Waals surface area contributed by atoms with Crippen LogP contribution in [0.4, 0.5) is 0 Å². The molecular formula is C43H64O4. The number of hydrogen-bond donors (Lipinski definition) is 1. The Hall–Kier alpha value is -3.40. The lowest BCUT2D eigenvalue weighted by Crippen LogP contribution is -2.23. The van der Waals surface area contributed by atoms with Crippen molar-refractivity contribution in [1.82, 2.24) is 0 Å². The van der Waals surface area contributed by atoms with E-state index in [-0.39, 0.29) is 11.3 Å². The average Bonchev–Trinajstić information content (AvgIpc) is 3.00. The third kappa shape index (κ3) is 17.4. The molecule has 1 aliphatic carbocycles. The van der Waals surface area contributed by atoms with Crippen molar-refractivity contribution >= 4 is 11.6 Å². The Kier molecular flexibility index (Phi) is 20.4. The smallest absolute Gasteiger partial charge is 0.228 e. The van der Waals surface area contributed by atoms with E-state index in [1.807, 2.05) is 13.0 Å². The number of carbonyl (C=O) groups excluding carboxylic acids is 2. The highest BCUT2D eigenvalue weighted by Gasteiger charge is 2.32. The Morgan fingerprint density at radius 2 is 0.851 bits per heavy atom. The van der Waals surface area contributed by atoms with Gasteiger partial charge in [0.1, 0.15) is 0 Å². The van der Waals surface area contributed by atoms with Crippen LogP contribution in [0.15, 0.2) is 104 Å². The van der Waals surface area contributed by atoms with Gasteiger partial charge in [-0.05, 0) is 146 Å². The van der Waals surface area contributed by atoms with E-state index >= 15 is 0 Å². The number of ketones is 2. The van der Waals surface area contributed by atoms with Crippen LogP contribution in [-0.4, -0.2) is 23.8 Å². The molecule has 0 atom stereocenters. The fourth-order valence-electron chi connectivity index (χ4n) is 5.48. The van der Waals surface area contributed by atoms with Crippen molar-refractivity contribution in [2.45, 2.75) is 146 Å². The van der Waals surface area contributed by atoms with Gasteiger partial charge in [-0.1, -0.05) is 81.5 Å². The highest BCUT2D eigenvalue weighted by atomic mass is 16.5. The molecule has 0 aliphatic heterocycles. The maximum Gasteiger partial charge on any atom is 0.228 e. The third-order valence-corrected chi connectivity index (χ3v) is 8.81. The SMILES string of the molecule is COC1=C(O)C(=O)C(C)=C(C/C=C(\C)CC/C=C(\C)CC/C=C(\C)CC/C=C(\C)CC/C=C(\C)CC/C=C(\C)CCC=C(C)C)C1=O. The molecule has 0 amide bonds. The van der Waals surface area contributed by atoms with Crippen LogP contribution in [0.3, 0.4) is 0 Å². The minimum absolute atomic E-state index is 0.263. The van der Waals surface area contributed by atoms with Gasteiger partial charge in [0.25, 0.3) is 0 Å². The molecule has 4 heteroatoms. The van der Waals surface area contributed by atoms with Gasteiger partial charge in [0.15, 0.2) is 0 Å². The number of aliphatic hydroxyl groups excluding tert-OH is 1. The highest BCUT2D eigenvalue weighted by molar-refractivity contribution is 6.23. The van der Waals surface area contributed by atoms with E-state index in [0.717, 1.165) is 70.6 Å². The average molecular weight is 645 g/mol. The molecule has 1 rings (SSSR count). The fourth-order valence-corrected chi connectivity index (χ4v) is 5.48. The summed E-state index contributed by atoms with van der Waals surface area (Å²) in [5, 5.41) is 9.90. The molecule has 0 aromatic carbocycles. The molecular weight excluding hydrogens is 580 g/mol. The molecule has 0 spiro atoms. The lowest BCUT2D eigenvalue weighted by molar-refractivity contribution is -0.120. The van der Waals surface area contributed by atoms with Crippen LogP contribution in [0, 0.1) is 0 Å². The summed E-state index contributed by atoms with van der Waals surface area (Å²) in [7, 11) is 1.29. The number of hydrogen-bond acceptors (Lipinski definition) is 4. The monoisotopic (exact) mass is 644 g/mol. The van der Waals surface area contributed by atoms with Gasteiger partial charge < -0.3 is 9.84 Å². The molecule has 0 aromatic heterocycles. The number of Topliss-reactive ketones (excluding diaryl/α,β-unsaturated/α-hetero) is 2. The van der Waals surface area contributed by atoms with Gasteiger partial charge in [-0.2, -0.15) is 0 Å². The first-order valence-corrected chi connectivity index (χ1v) is 17.6. The first kappa shape index (κ1) is 41.6. The van der Waals surface area contributed by atoms with Crippen LogP contribution in [-0.2, 0) is 14.3 Å². The quantitative estimate of drug-likeness (QED) is 0.0997. The van der Waals surface area contributed by atoms with E-state index in [1.54, 1.807) is 6.92 Å². The van der Waals surface area contributed by atoms with Crippen molar-refractivity contribution in [3.05, 3.63) is 104 Å². The molecule has 0 heterocycles. The van der Waals surface area contributed by atoms with E-state index in [0.29, 0.717) is 12.0 Å². The van der Waals surface area contributed by atoms with Crippen molar-refractivity contribution in [3.8, 4) is 0 Å². The molecule has 0 aromatic rings. The van der Waals surface area contributed by atoms with Gasteiger partial charge in [0, 0.05) is 11.1 Å². The molecule has 1 N–H and O–H groups in total. The second-order valence-electron chi connectivity index (χ2n) is 13.7. The Labute approximate surface area is 287 Å². The van der Waals surface area contributed by atoms with E-state index in [9.17, 15) is 14.7 Å². The van der Waals surface area contributed by atoms with Gasteiger partial charge in [-0.25, -0.2) is 0 Å². The van der Waals surface area contributed by atoms with E-state index in [4.69, 9.17) is 4.74 Å². The number of carbonyl (C=O) groups is 2. The van der Waals surface area contributed by atoms with Crippen molar-refractivity contribution in [2.75, 3.05) is 7.11 Å². The van der Waals surface area contributed by atoms with Crippen molar-refractivity contribution in [2.24, 2.45) is 0 Å². The Balaban J connectivity index is 2.35. The molecule has 4 nitrogen and oxygen atoms in total. The van der Waals surface area contributed by atoms with Crippen molar-refractivity contribution in [1.29, 1.82) is 0 Å². The van der Waals surface area contributed by atoms with Crippen molar-refractivity contribution < 1.29 is 19.4 Å². The largest absolute Gasteiger partial charge is 0.501 e. The van der Waals surface area contributed by atoms with Crippen LogP contribution in [0.5, 0.6) is 0 Å². The molecule has 47 heavy (non-hydrogen) atoms. The minimum atomic E-state index is -0.600. The summed E-state index contributed by atoms with van der Waals surface area (Å²) >= 11 is 0. The van der Waals surface area contributed by atoms with Crippen LogP contribution < -0.4 is 0 Å². The maximum atomic E-state index is 12.6.